The topological polar surface area (TPSA) is 116 Å². The van der Waals surface area contributed by atoms with Crippen molar-refractivity contribution in [3.63, 3.8) is 0 Å². The van der Waals surface area contributed by atoms with Crippen LogP contribution in [0.15, 0.2) is 54.9 Å². The molecule has 0 spiro atoms. The van der Waals surface area contributed by atoms with Gasteiger partial charge in [-0.05, 0) is 62.3 Å². The van der Waals surface area contributed by atoms with E-state index < -0.39 is 30.1 Å². The Kier molecular flexibility index (Phi) is 9.05. The predicted molar refractivity (Wildman–Crippen MR) is 166 cm³/mol. The fourth-order valence-electron chi connectivity index (χ4n) is 5.97. The van der Waals surface area contributed by atoms with Crippen molar-refractivity contribution < 1.29 is 23.9 Å². The number of hydrogen-bond donors (Lipinski definition) is 3. The summed E-state index contributed by atoms with van der Waals surface area (Å²) in [5.41, 5.74) is 2.75. The number of likely N-dealkylation sites (N-methyl/N-ethyl adjacent to an activating group) is 1. The maximum Gasteiger partial charge on any atom is 0.247 e. The summed E-state index contributed by atoms with van der Waals surface area (Å²) in [6, 6.07) is 11.2. The van der Waals surface area contributed by atoms with Crippen LogP contribution in [0.4, 0.5) is 0 Å². The first-order chi connectivity index (χ1) is 20.7. The van der Waals surface area contributed by atoms with Gasteiger partial charge in [0, 0.05) is 41.8 Å². The molecule has 10 nitrogen and oxygen atoms in total. The van der Waals surface area contributed by atoms with Crippen LogP contribution in [-0.2, 0) is 20.8 Å². The summed E-state index contributed by atoms with van der Waals surface area (Å²) in [6.45, 7) is 4.25. The summed E-state index contributed by atoms with van der Waals surface area (Å²) in [5, 5.41) is 6.86. The van der Waals surface area contributed by atoms with E-state index in [9.17, 15) is 14.4 Å². The zero-order valence-electron chi connectivity index (χ0n) is 25.4. The van der Waals surface area contributed by atoms with E-state index in [1.165, 1.54) is 0 Å². The molecule has 2 aliphatic heterocycles. The number of nitrogens with zero attached hydrogens (tertiary/aromatic N) is 2. The lowest BCUT2D eigenvalue weighted by molar-refractivity contribution is -0.144. The molecular formula is C33H41N5O5. The standard InChI is InChI=1S/C33H41N5O5/c1-6-20(2)29-31(39)34-15-13-21-17-23(11-12-27(21)42-5)43-28-14-16-38(30(28)32(40)36-29)33(41)26(37(3)4)18-22-19-35-25-10-8-7-9-24(22)25/h7-13,15,17,19-20,26,28-30,35H,6,14,16,18H2,1-5H3,(H,34,39)(H,36,40)/b15-13-/t20-,26-,28-,29-,30-/m0/s1. The first-order valence-electron chi connectivity index (χ1n) is 14.9. The minimum absolute atomic E-state index is 0.139. The van der Waals surface area contributed by atoms with Crippen molar-refractivity contribution in [3.05, 3.63) is 66.0 Å². The Morgan fingerprint density at radius 1 is 1.16 bits per heavy atom. The fraction of sp³-hybridized carbons (Fsp3) is 0.424. The average molecular weight is 588 g/mol. The monoisotopic (exact) mass is 587 g/mol. The van der Waals surface area contributed by atoms with E-state index >= 15 is 0 Å². The molecule has 3 aromatic rings. The van der Waals surface area contributed by atoms with Gasteiger partial charge in [0.15, 0.2) is 0 Å². The van der Waals surface area contributed by atoms with Crippen LogP contribution in [0.1, 0.15) is 37.8 Å². The molecule has 3 N–H and O–H groups in total. The molecule has 0 saturated carbocycles. The SMILES string of the molecule is CC[C@H](C)[C@@H]1NC(=O)[C@@H]2[C@H](CCN2C(=O)[C@H](Cc2c[nH]c3ccccc23)N(C)C)Oc2ccc(OC)c(c2)/C=C\NC1=O. The van der Waals surface area contributed by atoms with E-state index in [4.69, 9.17) is 9.47 Å². The van der Waals surface area contributed by atoms with E-state index in [0.29, 0.717) is 42.9 Å². The molecule has 1 aromatic heterocycles. The maximum absolute atomic E-state index is 14.3. The number of amides is 3. The third-order valence-electron chi connectivity index (χ3n) is 8.66. The Labute approximate surface area is 252 Å². The zero-order chi connectivity index (χ0) is 30.7. The van der Waals surface area contributed by atoms with Crippen molar-refractivity contribution in [2.45, 2.75) is 57.3 Å². The Bertz CT molecular complexity index is 1510. The molecule has 1 fully saturated rings. The van der Waals surface area contributed by atoms with Gasteiger partial charge in [-0.25, -0.2) is 0 Å². The molecule has 0 radical (unpaired) electrons. The number of hydrogen-bond acceptors (Lipinski definition) is 6. The Morgan fingerprint density at radius 3 is 2.70 bits per heavy atom. The van der Waals surface area contributed by atoms with Crippen molar-refractivity contribution in [1.29, 1.82) is 0 Å². The molecule has 5 rings (SSSR count). The normalized spacial score (nSPS) is 22.7. The number of methoxy groups -OCH3 is 1. The largest absolute Gasteiger partial charge is 0.496 e. The minimum atomic E-state index is -0.920. The van der Waals surface area contributed by atoms with Crippen LogP contribution in [0.2, 0.25) is 0 Å². The molecule has 0 aliphatic carbocycles. The average Bonchev–Trinajstić information content (AvgIpc) is 3.61. The van der Waals surface area contributed by atoms with Crippen molar-refractivity contribution in [2.24, 2.45) is 5.92 Å². The number of ether oxygens (including phenoxy) is 2. The highest BCUT2D eigenvalue weighted by molar-refractivity contribution is 5.95. The van der Waals surface area contributed by atoms with E-state index in [1.807, 2.05) is 69.4 Å². The predicted octanol–water partition coefficient (Wildman–Crippen LogP) is 3.33. The number of carbonyl (C=O) groups excluding carboxylic acids is 3. The second kappa shape index (κ2) is 12.9. The molecule has 1 saturated heterocycles. The molecule has 10 heteroatoms. The summed E-state index contributed by atoms with van der Waals surface area (Å²) in [6.07, 6.45) is 6.24. The molecule has 0 unspecified atom stereocenters. The van der Waals surface area contributed by atoms with E-state index in [1.54, 1.807) is 36.4 Å². The van der Waals surface area contributed by atoms with Gasteiger partial charge in [-0.3, -0.25) is 19.3 Å². The van der Waals surface area contributed by atoms with Crippen LogP contribution in [0.3, 0.4) is 0 Å². The number of likely N-dealkylation sites (tertiary alicyclic amines) is 1. The zero-order valence-corrected chi connectivity index (χ0v) is 25.4. The molecule has 2 aromatic carbocycles. The Hall–Kier alpha value is -4.31. The number of benzene rings is 2. The number of fused-ring (bicyclic) bond motifs is 4. The third kappa shape index (κ3) is 6.24. The van der Waals surface area contributed by atoms with Crippen LogP contribution < -0.4 is 20.1 Å². The number of para-hydroxylation sites is 1. The molecular weight excluding hydrogens is 546 g/mol. The molecule has 3 heterocycles. The van der Waals surface area contributed by atoms with Gasteiger partial charge in [-0.2, -0.15) is 0 Å². The van der Waals surface area contributed by atoms with E-state index in [-0.39, 0.29) is 17.7 Å². The fourth-order valence-corrected chi connectivity index (χ4v) is 5.97. The van der Waals surface area contributed by atoms with Gasteiger partial charge in [0.25, 0.3) is 0 Å². The summed E-state index contributed by atoms with van der Waals surface area (Å²) >= 11 is 0. The Morgan fingerprint density at radius 2 is 1.95 bits per heavy atom. The van der Waals surface area contributed by atoms with E-state index in [2.05, 4.69) is 15.6 Å². The van der Waals surface area contributed by atoms with Crippen LogP contribution >= 0.6 is 0 Å². The number of H-pyrrole nitrogens is 1. The molecule has 3 amide bonds. The number of aromatic amines is 1. The summed E-state index contributed by atoms with van der Waals surface area (Å²) < 4.78 is 11.9. The van der Waals surface area contributed by atoms with Gasteiger partial charge in [-0.15, -0.1) is 0 Å². The highest BCUT2D eigenvalue weighted by atomic mass is 16.5. The van der Waals surface area contributed by atoms with Crippen molar-refractivity contribution in [1.82, 2.24) is 25.4 Å². The molecule has 2 aliphatic rings. The van der Waals surface area contributed by atoms with Gasteiger partial charge < -0.3 is 30.0 Å². The molecule has 228 valence electrons. The van der Waals surface area contributed by atoms with Crippen molar-refractivity contribution in [2.75, 3.05) is 27.7 Å². The van der Waals surface area contributed by atoms with Crippen LogP contribution in [-0.4, -0.2) is 84.5 Å². The molecule has 43 heavy (non-hydrogen) atoms. The van der Waals surface area contributed by atoms with Crippen molar-refractivity contribution in [3.8, 4) is 11.5 Å². The van der Waals surface area contributed by atoms with Gasteiger partial charge in [0.1, 0.15) is 29.7 Å². The summed E-state index contributed by atoms with van der Waals surface area (Å²) in [5.74, 6) is 0.132. The molecule has 5 atom stereocenters. The highest BCUT2D eigenvalue weighted by Gasteiger charge is 2.46. The van der Waals surface area contributed by atoms with E-state index in [0.717, 1.165) is 16.5 Å². The van der Waals surface area contributed by atoms with Crippen molar-refractivity contribution >= 4 is 34.7 Å². The minimum Gasteiger partial charge on any atom is -0.496 e. The van der Waals surface area contributed by atoms with Crippen LogP contribution in [0.5, 0.6) is 11.5 Å². The molecule has 2 bridgehead atoms. The second-order valence-corrected chi connectivity index (χ2v) is 11.6. The highest BCUT2D eigenvalue weighted by Crippen LogP contribution is 2.31. The van der Waals surface area contributed by atoms with Gasteiger partial charge in [0.05, 0.1) is 13.2 Å². The van der Waals surface area contributed by atoms with Gasteiger partial charge in [0.2, 0.25) is 17.7 Å². The lowest BCUT2D eigenvalue weighted by atomic mass is 9.97. The van der Waals surface area contributed by atoms with Gasteiger partial charge >= 0.3 is 0 Å². The lowest BCUT2D eigenvalue weighted by Gasteiger charge is -2.34. The number of carbonyl (C=O) groups is 3. The lowest BCUT2D eigenvalue weighted by Crippen LogP contribution is -2.59. The summed E-state index contributed by atoms with van der Waals surface area (Å²) in [7, 11) is 5.33. The smallest absolute Gasteiger partial charge is 0.247 e. The first-order valence-corrected chi connectivity index (χ1v) is 14.9. The summed E-state index contributed by atoms with van der Waals surface area (Å²) in [4.78, 5) is 48.5. The number of rotatable bonds is 7. The number of aromatic nitrogens is 1. The maximum atomic E-state index is 14.3. The van der Waals surface area contributed by atoms with Gasteiger partial charge in [-0.1, -0.05) is 38.5 Å². The second-order valence-electron chi connectivity index (χ2n) is 11.6. The third-order valence-corrected chi connectivity index (χ3v) is 8.66. The number of nitrogens with one attached hydrogen (secondary N) is 3. The van der Waals surface area contributed by atoms with Crippen LogP contribution in [0, 0.1) is 5.92 Å². The quantitative estimate of drug-likeness (QED) is 0.391. The first kappa shape index (κ1) is 30.2. The Balaban J connectivity index is 1.50. The van der Waals surface area contributed by atoms with Crippen LogP contribution in [0.25, 0.3) is 17.0 Å².